The van der Waals surface area contributed by atoms with Crippen LogP contribution < -0.4 is 18.8 Å². The second-order valence-electron chi connectivity index (χ2n) is 8.04. The summed E-state index contributed by atoms with van der Waals surface area (Å²) in [6, 6.07) is 2.69. The number of hydrogen-bond donors (Lipinski definition) is 0. The molecule has 0 saturated carbocycles. The van der Waals surface area contributed by atoms with Gasteiger partial charge in [0, 0.05) is 30.6 Å². The van der Waals surface area contributed by atoms with E-state index in [1.165, 1.54) is 12.1 Å². The van der Waals surface area contributed by atoms with Crippen molar-refractivity contribution in [1.29, 1.82) is 0 Å². The van der Waals surface area contributed by atoms with Crippen LogP contribution in [0.15, 0.2) is 24.5 Å². The quantitative estimate of drug-likeness (QED) is 0.460. The Hall–Kier alpha value is -2.16. The first-order valence-electron chi connectivity index (χ1n) is 10.1. The molecular formula is C22H22Cl2F2NO5+. The van der Waals surface area contributed by atoms with Crippen molar-refractivity contribution in [3.8, 4) is 17.2 Å². The number of aryl methyl sites for hydroxylation is 1. The maximum atomic E-state index is 13.2. The fourth-order valence-corrected chi connectivity index (χ4v) is 4.60. The standard InChI is InChI=1S/C22H22Cl2F2NO5/c1-27-9-15(23)14(16(24)10-27)8-17(28)13-2-3-18(32-21(25)26)20-19(13)30-11-22(12-31-20)4-6-29-7-5-22/h2-3,9-10,21H,4-8,11-12H2,1H3/q+1. The van der Waals surface area contributed by atoms with Crippen LogP contribution in [-0.2, 0) is 18.2 Å². The molecule has 0 amide bonds. The van der Waals surface area contributed by atoms with Crippen LogP contribution in [0.4, 0.5) is 8.78 Å². The molecule has 172 valence electrons. The molecular weight excluding hydrogens is 467 g/mol. The average molecular weight is 489 g/mol. The van der Waals surface area contributed by atoms with Crippen molar-refractivity contribution in [2.45, 2.75) is 25.9 Å². The zero-order chi connectivity index (χ0) is 22.9. The molecule has 6 nitrogen and oxygen atoms in total. The number of nitrogens with zero attached hydrogens (tertiary/aromatic N) is 1. The van der Waals surface area contributed by atoms with Gasteiger partial charge in [0.15, 0.2) is 29.7 Å². The van der Waals surface area contributed by atoms with Crippen molar-refractivity contribution in [3.63, 3.8) is 0 Å². The van der Waals surface area contributed by atoms with E-state index in [0.717, 1.165) is 0 Å². The number of ketones is 1. The van der Waals surface area contributed by atoms with Gasteiger partial charge in [0.2, 0.25) is 5.75 Å². The molecule has 2 aliphatic heterocycles. The van der Waals surface area contributed by atoms with E-state index in [1.54, 1.807) is 24.0 Å². The van der Waals surface area contributed by atoms with Gasteiger partial charge in [0.05, 0.1) is 18.8 Å². The normalized spacial score (nSPS) is 17.3. The largest absolute Gasteiger partial charge is 0.488 e. The zero-order valence-corrected chi connectivity index (χ0v) is 18.8. The molecule has 2 aliphatic rings. The zero-order valence-electron chi connectivity index (χ0n) is 17.3. The van der Waals surface area contributed by atoms with Crippen LogP contribution in [0.1, 0.15) is 28.8 Å². The highest BCUT2D eigenvalue weighted by Crippen LogP contribution is 2.46. The van der Waals surface area contributed by atoms with Crippen LogP contribution in [0.2, 0.25) is 10.0 Å². The molecule has 4 rings (SSSR count). The molecule has 0 aliphatic carbocycles. The Morgan fingerprint density at radius 1 is 1.12 bits per heavy atom. The third-order valence-corrected chi connectivity index (χ3v) is 6.39. The van der Waals surface area contributed by atoms with E-state index in [0.29, 0.717) is 41.7 Å². The number of benzene rings is 1. The van der Waals surface area contributed by atoms with Crippen LogP contribution in [0, 0.1) is 5.41 Å². The first-order chi connectivity index (χ1) is 15.3. The van der Waals surface area contributed by atoms with Gasteiger partial charge in [-0.1, -0.05) is 23.2 Å². The second-order valence-corrected chi connectivity index (χ2v) is 8.85. The van der Waals surface area contributed by atoms with Gasteiger partial charge in [0.1, 0.15) is 17.1 Å². The molecule has 2 aromatic rings. The lowest BCUT2D eigenvalue weighted by molar-refractivity contribution is -0.671. The van der Waals surface area contributed by atoms with Gasteiger partial charge in [-0.25, -0.2) is 4.57 Å². The van der Waals surface area contributed by atoms with Gasteiger partial charge in [-0.05, 0) is 25.0 Å². The van der Waals surface area contributed by atoms with Crippen molar-refractivity contribution in [2.75, 3.05) is 26.4 Å². The van der Waals surface area contributed by atoms with Crippen molar-refractivity contribution in [2.24, 2.45) is 12.5 Å². The molecule has 3 heterocycles. The molecule has 0 radical (unpaired) electrons. The Labute approximate surface area is 193 Å². The summed E-state index contributed by atoms with van der Waals surface area (Å²) >= 11 is 12.6. The van der Waals surface area contributed by atoms with Crippen molar-refractivity contribution < 1.29 is 37.1 Å². The summed E-state index contributed by atoms with van der Waals surface area (Å²) in [6.45, 7) is -1.43. The maximum absolute atomic E-state index is 13.2. The Bertz CT molecular complexity index is 1000. The van der Waals surface area contributed by atoms with Crippen molar-refractivity contribution >= 4 is 29.0 Å². The Kier molecular flexibility index (Phi) is 6.74. The average Bonchev–Trinajstić information content (AvgIpc) is 2.91. The molecule has 1 fully saturated rings. The van der Waals surface area contributed by atoms with Gasteiger partial charge in [-0.15, -0.1) is 0 Å². The van der Waals surface area contributed by atoms with E-state index in [4.69, 9.17) is 37.4 Å². The number of hydrogen-bond acceptors (Lipinski definition) is 5. The third-order valence-electron chi connectivity index (χ3n) is 5.74. The number of ether oxygens (including phenoxy) is 4. The Morgan fingerprint density at radius 2 is 1.75 bits per heavy atom. The highest BCUT2D eigenvalue weighted by atomic mass is 35.5. The number of aromatic nitrogens is 1. The van der Waals surface area contributed by atoms with Gasteiger partial charge < -0.3 is 18.9 Å². The summed E-state index contributed by atoms with van der Waals surface area (Å²) in [4.78, 5) is 13.2. The second kappa shape index (κ2) is 9.37. The van der Waals surface area contributed by atoms with Gasteiger partial charge in [-0.2, -0.15) is 8.78 Å². The fourth-order valence-electron chi connectivity index (χ4n) is 3.91. The van der Waals surface area contributed by atoms with Crippen LogP contribution >= 0.6 is 23.2 Å². The number of alkyl halides is 2. The lowest BCUT2D eigenvalue weighted by Crippen LogP contribution is -2.39. The highest BCUT2D eigenvalue weighted by molar-refractivity contribution is 6.36. The molecule has 32 heavy (non-hydrogen) atoms. The summed E-state index contributed by atoms with van der Waals surface area (Å²) in [6.07, 6.45) is 4.58. The number of Topliss-reactive ketones (excluding diaryl/α,β-unsaturated/α-hetero) is 1. The van der Waals surface area contributed by atoms with Gasteiger partial charge in [-0.3, -0.25) is 4.79 Å². The molecule has 10 heteroatoms. The lowest BCUT2D eigenvalue weighted by atomic mass is 9.82. The third kappa shape index (κ3) is 4.77. The van der Waals surface area contributed by atoms with Crippen LogP contribution in [0.5, 0.6) is 17.2 Å². The number of carbonyl (C=O) groups is 1. The molecule has 0 unspecified atom stereocenters. The Balaban J connectivity index is 1.69. The fraction of sp³-hybridized carbons (Fsp3) is 0.455. The predicted octanol–water partition coefficient (Wildman–Crippen LogP) is 4.41. The van der Waals surface area contributed by atoms with Crippen LogP contribution in [-0.4, -0.2) is 38.8 Å². The lowest BCUT2D eigenvalue weighted by Gasteiger charge is -2.34. The molecule has 0 bridgehead atoms. The van der Waals surface area contributed by atoms with Crippen LogP contribution in [0.3, 0.4) is 0 Å². The number of pyridine rings is 1. The molecule has 1 spiro atoms. The van der Waals surface area contributed by atoms with Crippen LogP contribution in [0.25, 0.3) is 0 Å². The first kappa shape index (κ1) is 23.0. The first-order valence-corrected chi connectivity index (χ1v) is 10.9. The van der Waals surface area contributed by atoms with E-state index in [2.05, 4.69) is 4.74 Å². The minimum Gasteiger partial charge on any atom is -0.488 e. The number of fused-ring (bicyclic) bond motifs is 1. The minimum absolute atomic E-state index is 0.00354. The van der Waals surface area contributed by atoms with Crippen molar-refractivity contribution in [1.82, 2.24) is 0 Å². The minimum atomic E-state index is -3.05. The maximum Gasteiger partial charge on any atom is 0.387 e. The smallest absolute Gasteiger partial charge is 0.387 e. The number of rotatable bonds is 5. The summed E-state index contributed by atoms with van der Waals surface area (Å²) in [7, 11) is 1.77. The summed E-state index contributed by atoms with van der Waals surface area (Å²) < 4.78 is 49.7. The molecule has 1 saturated heterocycles. The van der Waals surface area contributed by atoms with E-state index >= 15 is 0 Å². The Morgan fingerprint density at radius 3 is 2.38 bits per heavy atom. The van der Waals surface area contributed by atoms with E-state index in [-0.39, 0.29) is 53.6 Å². The topological polar surface area (TPSA) is 57.9 Å². The SMILES string of the molecule is C[n+]1cc(Cl)c(CC(=O)c2ccc(OC(F)F)c3c2OCC2(CCOCC2)CO3)c(Cl)c1. The number of carbonyl (C=O) groups excluding carboxylic acids is 1. The van der Waals surface area contributed by atoms with E-state index in [9.17, 15) is 13.6 Å². The van der Waals surface area contributed by atoms with E-state index in [1.807, 2.05) is 0 Å². The molecule has 0 N–H and O–H groups in total. The summed E-state index contributed by atoms with van der Waals surface area (Å²) in [5, 5.41) is 0.686. The van der Waals surface area contributed by atoms with E-state index < -0.39 is 6.61 Å². The molecule has 0 atom stereocenters. The summed E-state index contributed by atoms with van der Waals surface area (Å²) in [5.74, 6) is -0.436. The molecule has 1 aromatic carbocycles. The highest BCUT2D eigenvalue weighted by Gasteiger charge is 2.39. The number of halogens is 4. The molecule has 1 aromatic heterocycles. The monoisotopic (exact) mass is 488 g/mol. The predicted molar refractivity (Wildman–Crippen MR) is 112 cm³/mol. The van der Waals surface area contributed by atoms with Crippen molar-refractivity contribution in [3.05, 3.63) is 45.7 Å². The van der Waals surface area contributed by atoms with Gasteiger partial charge in [0.25, 0.3) is 0 Å². The summed E-state index contributed by atoms with van der Waals surface area (Å²) in [5.41, 5.74) is 0.320. The van der Waals surface area contributed by atoms with Gasteiger partial charge >= 0.3 is 6.61 Å².